The van der Waals surface area contributed by atoms with Crippen LogP contribution in [-0.2, 0) is 58.1 Å². The predicted octanol–water partition coefficient (Wildman–Crippen LogP) is 0.682. The van der Waals surface area contributed by atoms with Crippen LogP contribution in [0.3, 0.4) is 0 Å². The Morgan fingerprint density at radius 1 is 0.444 bits per heavy atom. The van der Waals surface area contributed by atoms with Gasteiger partial charge in [0.1, 0.15) is 30.4 Å². The second-order valence-corrected chi connectivity index (χ2v) is 17.6. The third-order valence-corrected chi connectivity index (χ3v) is 11.9. The van der Waals surface area contributed by atoms with Crippen LogP contribution in [-0.4, -0.2) is 77.3 Å². The molecule has 0 aliphatic carbocycles. The monoisotopic (exact) mass is 768 g/mol. The average Bonchev–Trinajstić information content (AvgIpc) is 2.88. The molecule has 8 N–H and O–H groups in total. The van der Waals surface area contributed by atoms with E-state index in [-0.39, 0.29) is 96.5 Å². The van der Waals surface area contributed by atoms with Gasteiger partial charge in [0.2, 0.25) is 0 Å². The molecule has 0 aliphatic heterocycles. The van der Waals surface area contributed by atoms with Crippen molar-refractivity contribution in [3.8, 4) is 0 Å². The van der Waals surface area contributed by atoms with Gasteiger partial charge in [0.05, 0.1) is 26.4 Å². The van der Waals surface area contributed by atoms with E-state index in [0.29, 0.717) is 26.2 Å². The maximum atomic E-state index is 10.9. The summed E-state index contributed by atoms with van der Waals surface area (Å²) in [5.74, 6) is -0.0930. The molecule has 272 valence electrons. The van der Waals surface area contributed by atoms with Crippen molar-refractivity contribution in [1.82, 2.24) is 0 Å². The van der Waals surface area contributed by atoms with Gasteiger partial charge in [0, 0.05) is 24.6 Å². The van der Waals surface area contributed by atoms with E-state index in [2.05, 4.69) is 18.1 Å². The number of rotatable bonds is 20. The van der Waals surface area contributed by atoms with Crippen LogP contribution in [0.4, 0.5) is 0 Å². The summed E-state index contributed by atoms with van der Waals surface area (Å²) in [6.07, 6.45) is 0.156. The normalized spacial score (nSPS) is 18.8. The van der Waals surface area contributed by atoms with E-state index in [1.54, 1.807) is 55.4 Å². The van der Waals surface area contributed by atoms with Gasteiger partial charge in [0.15, 0.2) is 0 Å². The Morgan fingerprint density at radius 2 is 0.578 bits per heavy atom. The van der Waals surface area contributed by atoms with Gasteiger partial charge in [-0.25, -0.2) is 0 Å². The molecule has 0 spiro atoms. The summed E-state index contributed by atoms with van der Waals surface area (Å²) in [4.78, 5) is 43.8. The molecule has 0 amide bonds. The van der Waals surface area contributed by atoms with Crippen molar-refractivity contribution >= 4 is 30.4 Å². The van der Waals surface area contributed by atoms with Crippen molar-refractivity contribution in [1.29, 1.82) is 0 Å². The molecule has 0 bridgehead atoms. The summed E-state index contributed by atoms with van der Waals surface area (Å²) in [7, 11) is -14.4. The molecule has 16 nitrogen and oxygen atoms in total. The van der Waals surface area contributed by atoms with Crippen LogP contribution in [0.5, 0.6) is 0 Å². The van der Waals surface area contributed by atoms with Crippen LogP contribution in [0.1, 0.15) is 55.4 Å². The van der Waals surface area contributed by atoms with Gasteiger partial charge in [-0.1, -0.05) is 27.7 Å². The van der Waals surface area contributed by atoms with Crippen molar-refractivity contribution < 1.29 is 77.6 Å². The number of hydrogen-bond acceptors (Lipinski definition) is 16. The van der Waals surface area contributed by atoms with E-state index in [0.717, 1.165) is 0 Å². The standard InChI is InChI=1S/4C6H16NO3P.Ti/c4*1-3-10-11(8,9)5-6(2)4-7;/h4*6H,3-5,7H2,1-2H3,(H,8,9);/q;;;;+4/p-4. The molecule has 0 aliphatic rings. The van der Waals surface area contributed by atoms with Gasteiger partial charge in [-0.2, -0.15) is 0 Å². The zero-order valence-corrected chi connectivity index (χ0v) is 33.4. The second kappa shape index (κ2) is 31.2. The third-order valence-electron chi connectivity index (χ3n) is 5.05. The fraction of sp³-hybridized carbons (Fsp3) is 1.00. The molecule has 0 saturated carbocycles. The van der Waals surface area contributed by atoms with E-state index in [1.807, 2.05) is 0 Å². The Morgan fingerprint density at radius 3 is 0.667 bits per heavy atom. The SMILES string of the molecule is CCOP(=O)([O-])CC(C)CN.CCOP(=O)([O-])CC(C)CN.CCOP(=O)([O-])CC(C)CN.CCOP(=O)([O-])CC(C)CN.[Ti+4]. The van der Waals surface area contributed by atoms with Crippen molar-refractivity contribution in [3.63, 3.8) is 0 Å². The summed E-state index contributed by atoms with van der Waals surface area (Å²) in [6.45, 7) is 16.1. The van der Waals surface area contributed by atoms with Crippen molar-refractivity contribution in [3.05, 3.63) is 0 Å². The minimum atomic E-state index is -3.60. The molecule has 0 aromatic carbocycles. The first kappa shape index (κ1) is 55.6. The largest absolute Gasteiger partial charge is 4.00 e. The second-order valence-electron chi connectivity index (χ2n) is 10.2. The van der Waals surface area contributed by atoms with Crippen LogP contribution in [0, 0.1) is 23.7 Å². The van der Waals surface area contributed by atoms with Gasteiger partial charge in [-0.05, 0) is 77.5 Å². The topological polar surface area (TPSA) is 302 Å². The Hall–Kier alpha value is 1.15. The Bertz CT molecular complexity index is 746. The van der Waals surface area contributed by atoms with Crippen molar-refractivity contribution in [2.45, 2.75) is 55.4 Å². The van der Waals surface area contributed by atoms with Crippen LogP contribution in [0.25, 0.3) is 0 Å². The van der Waals surface area contributed by atoms with Crippen LogP contribution >= 0.6 is 30.4 Å². The first-order chi connectivity index (χ1) is 20.1. The fourth-order valence-electron chi connectivity index (χ4n) is 2.82. The van der Waals surface area contributed by atoms with E-state index in [4.69, 9.17) is 22.9 Å². The Kier molecular flexibility index (Phi) is 38.5. The van der Waals surface area contributed by atoms with E-state index >= 15 is 0 Å². The van der Waals surface area contributed by atoms with Gasteiger partial charge >= 0.3 is 21.7 Å². The van der Waals surface area contributed by atoms with Crippen LogP contribution < -0.4 is 42.5 Å². The molecule has 0 fully saturated rings. The Labute approximate surface area is 286 Å². The molecule has 0 rings (SSSR count). The summed E-state index contributed by atoms with van der Waals surface area (Å²) in [6, 6.07) is 0. The predicted molar refractivity (Wildman–Crippen MR) is 169 cm³/mol. The molecular weight excluding hydrogens is 708 g/mol. The van der Waals surface area contributed by atoms with Gasteiger partial charge in [0.25, 0.3) is 0 Å². The van der Waals surface area contributed by atoms with Gasteiger partial charge < -0.3 is 78.9 Å². The molecule has 45 heavy (non-hydrogen) atoms. The molecule has 8 atom stereocenters. The Balaban J connectivity index is -0.000000157. The molecule has 0 aromatic heterocycles. The fourth-order valence-corrected chi connectivity index (χ4v) is 8.47. The molecule has 21 heteroatoms. The first-order valence-corrected chi connectivity index (χ1v) is 21.6. The quantitative estimate of drug-likeness (QED) is 0.0978. The molecule has 0 aromatic rings. The minimum Gasteiger partial charge on any atom is -0.778 e. The molecule has 0 radical (unpaired) electrons. The van der Waals surface area contributed by atoms with Gasteiger partial charge in [-0.15, -0.1) is 0 Å². The first-order valence-electron chi connectivity index (χ1n) is 14.6. The summed E-state index contributed by atoms with van der Waals surface area (Å²) >= 11 is 0. The zero-order chi connectivity index (χ0) is 35.6. The van der Waals surface area contributed by atoms with Crippen LogP contribution in [0.15, 0.2) is 0 Å². The molecule has 0 heterocycles. The summed E-state index contributed by atoms with van der Waals surface area (Å²) in [5, 5.41) is 0. The average molecular weight is 769 g/mol. The molecule has 0 saturated heterocycles. The number of hydrogen-bond donors (Lipinski definition) is 4. The van der Waals surface area contributed by atoms with E-state index in [9.17, 15) is 37.8 Å². The van der Waals surface area contributed by atoms with Gasteiger partial charge in [-0.3, -0.25) is 0 Å². The molecular formula is C24H60N4O12P4Ti. The van der Waals surface area contributed by atoms with Crippen molar-refractivity contribution in [2.24, 2.45) is 46.6 Å². The zero-order valence-electron chi connectivity index (χ0n) is 28.3. The maximum absolute atomic E-state index is 10.9. The van der Waals surface area contributed by atoms with E-state index in [1.165, 1.54) is 0 Å². The molecule has 8 unspecified atom stereocenters. The minimum absolute atomic E-state index is 0. The third kappa shape index (κ3) is 41.2. The summed E-state index contributed by atoms with van der Waals surface area (Å²) < 4.78 is 62.0. The van der Waals surface area contributed by atoms with Crippen molar-refractivity contribution in [2.75, 3.05) is 77.3 Å². The number of nitrogens with two attached hydrogens (primary N) is 4. The smallest absolute Gasteiger partial charge is 0.778 e. The van der Waals surface area contributed by atoms with Crippen LogP contribution in [0.2, 0.25) is 0 Å². The summed E-state index contributed by atoms with van der Waals surface area (Å²) in [5.41, 5.74) is 21.0. The maximum Gasteiger partial charge on any atom is 4.00 e. The van der Waals surface area contributed by atoms with E-state index < -0.39 is 30.4 Å².